The molecule has 0 radical (unpaired) electrons. The number of H-pyrrole nitrogens is 1. The molecular weight excluding hydrogens is 278 g/mol. The van der Waals surface area contributed by atoms with E-state index in [4.69, 9.17) is 5.73 Å². The average molecular weight is 299 g/mol. The molecule has 116 valence electrons. The minimum atomic E-state index is -0.451. The highest BCUT2D eigenvalue weighted by molar-refractivity contribution is 5.81. The van der Waals surface area contributed by atoms with Crippen molar-refractivity contribution in [2.45, 2.75) is 31.7 Å². The van der Waals surface area contributed by atoms with Gasteiger partial charge in [-0.15, -0.1) is 0 Å². The van der Waals surface area contributed by atoms with Gasteiger partial charge in [0.05, 0.1) is 6.04 Å². The lowest BCUT2D eigenvalue weighted by molar-refractivity contribution is -0.133. The molecule has 0 bridgehead atoms. The van der Waals surface area contributed by atoms with E-state index in [1.807, 2.05) is 35.2 Å². The van der Waals surface area contributed by atoms with Gasteiger partial charge >= 0.3 is 0 Å². The van der Waals surface area contributed by atoms with Crippen molar-refractivity contribution < 1.29 is 4.79 Å². The Bertz CT molecular complexity index is 637. The van der Waals surface area contributed by atoms with Gasteiger partial charge in [-0.2, -0.15) is 5.10 Å². The van der Waals surface area contributed by atoms with E-state index >= 15 is 0 Å². The molecule has 0 aliphatic carbocycles. The third-order valence-electron chi connectivity index (χ3n) is 4.04. The Labute approximate surface area is 129 Å². The third-order valence-corrected chi connectivity index (χ3v) is 4.04. The normalized spacial score (nSPS) is 19.9. The summed E-state index contributed by atoms with van der Waals surface area (Å²) in [4.78, 5) is 18.5. The second-order valence-electron chi connectivity index (χ2n) is 5.82. The molecule has 1 fully saturated rings. The van der Waals surface area contributed by atoms with Crippen LogP contribution in [0.5, 0.6) is 0 Å². The number of aromatic nitrogens is 3. The minimum Gasteiger partial charge on any atom is -0.341 e. The number of carbonyl (C=O) groups excluding carboxylic acids is 1. The number of aromatic amines is 1. The maximum atomic E-state index is 12.1. The highest BCUT2D eigenvalue weighted by Crippen LogP contribution is 2.26. The Hall–Kier alpha value is -2.21. The van der Waals surface area contributed by atoms with Gasteiger partial charge in [-0.1, -0.05) is 30.3 Å². The van der Waals surface area contributed by atoms with E-state index in [1.165, 1.54) is 0 Å². The lowest BCUT2D eigenvalue weighted by Crippen LogP contribution is -2.46. The van der Waals surface area contributed by atoms with Crippen LogP contribution in [0.3, 0.4) is 0 Å². The van der Waals surface area contributed by atoms with Crippen molar-refractivity contribution in [3.05, 3.63) is 36.2 Å². The fourth-order valence-electron chi connectivity index (χ4n) is 2.86. The van der Waals surface area contributed by atoms with Crippen LogP contribution in [0.2, 0.25) is 0 Å². The van der Waals surface area contributed by atoms with E-state index in [0.29, 0.717) is 12.4 Å². The first-order valence-electron chi connectivity index (χ1n) is 7.67. The molecule has 6 heteroatoms. The third kappa shape index (κ3) is 3.01. The molecule has 2 atom stereocenters. The summed E-state index contributed by atoms with van der Waals surface area (Å²) < 4.78 is 0. The molecule has 1 unspecified atom stereocenters. The molecule has 1 aliphatic heterocycles. The number of amides is 1. The number of nitrogens with one attached hydrogen (secondary N) is 1. The fraction of sp³-hybridized carbons (Fsp3) is 0.438. The number of likely N-dealkylation sites (tertiary alicyclic amines) is 1. The van der Waals surface area contributed by atoms with Crippen molar-refractivity contribution in [2.75, 3.05) is 13.1 Å². The first-order valence-corrected chi connectivity index (χ1v) is 7.67. The molecule has 0 saturated carbocycles. The van der Waals surface area contributed by atoms with Crippen LogP contribution < -0.4 is 5.73 Å². The van der Waals surface area contributed by atoms with Crippen molar-refractivity contribution in [1.82, 2.24) is 20.1 Å². The first kappa shape index (κ1) is 14.7. The van der Waals surface area contributed by atoms with Crippen LogP contribution in [-0.4, -0.2) is 45.1 Å². The molecule has 0 spiro atoms. The quantitative estimate of drug-likeness (QED) is 0.899. The van der Waals surface area contributed by atoms with E-state index in [-0.39, 0.29) is 11.8 Å². The molecule has 6 nitrogen and oxygen atoms in total. The number of rotatable bonds is 3. The zero-order valence-electron chi connectivity index (χ0n) is 12.7. The molecular formula is C16H21N5O. The number of piperidine rings is 1. The maximum absolute atomic E-state index is 12.1. The van der Waals surface area contributed by atoms with Crippen LogP contribution in [-0.2, 0) is 4.79 Å². The molecule has 1 amide bonds. The number of carbonyl (C=O) groups is 1. The zero-order chi connectivity index (χ0) is 15.5. The van der Waals surface area contributed by atoms with E-state index in [2.05, 4.69) is 15.2 Å². The van der Waals surface area contributed by atoms with Crippen LogP contribution in [0.15, 0.2) is 30.3 Å². The highest BCUT2D eigenvalue weighted by Gasteiger charge is 2.28. The average Bonchev–Trinajstić information content (AvgIpc) is 3.05. The van der Waals surface area contributed by atoms with E-state index in [9.17, 15) is 4.79 Å². The van der Waals surface area contributed by atoms with Gasteiger partial charge in [0.1, 0.15) is 5.82 Å². The predicted molar refractivity (Wildman–Crippen MR) is 84.0 cm³/mol. The molecule has 1 aromatic carbocycles. The minimum absolute atomic E-state index is 0.00694. The Morgan fingerprint density at radius 2 is 2.18 bits per heavy atom. The van der Waals surface area contributed by atoms with Gasteiger partial charge in [0.2, 0.25) is 5.91 Å². The number of hydrogen-bond acceptors (Lipinski definition) is 4. The highest BCUT2D eigenvalue weighted by atomic mass is 16.2. The summed E-state index contributed by atoms with van der Waals surface area (Å²) in [5.74, 6) is 1.75. The molecule has 1 aromatic heterocycles. The van der Waals surface area contributed by atoms with Crippen molar-refractivity contribution >= 4 is 5.91 Å². The molecule has 2 heterocycles. The van der Waals surface area contributed by atoms with Crippen LogP contribution >= 0.6 is 0 Å². The molecule has 3 N–H and O–H groups in total. The van der Waals surface area contributed by atoms with Gasteiger partial charge in [-0.25, -0.2) is 4.98 Å². The number of hydrogen-bond donors (Lipinski definition) is 2. The van der Waals surface area contributed by atoms with Crippen LogP contribution in [0, 0.1) is 0 Å². The Kier molecular flexibility index (Phi) is 4.20. The standard InChI is InChI=1S/C16H21N5O/c1-11(17)16(22)21-9-5-8-13(10-21)15-18-14(19-20-15)12-6-3-2-4-7-12/h2-4,6-7,11,13H,5,8-10,17H2,1H3,(H,18,19,20)/t11-,13?/m1/s1. The van der Waals surface area contributed by atoms with Crippen LogP contribution in [0.1, 0.15) is 31.5 Å². The predicted octanol–water partition coefficient (Wildman–Crippen LogP) is 1.52. The van der Waals surface area contributed by atoms with Gasteiger partial charge in [-0.3, -0.25) is 9.89 Å². The molecule has 1 saturated heterocycles. The van der Waals surface area contributed by atoms with Crippen molar-refractivity contribution in [1.29, 1.82) is 0 Å². The summed E-state index contributed by atoms with van der Waals surface area (Å²) in [7, 11) is 0. The van der Waals surface area contributed by atoms with Crippen molar-refractivity contribution in [3.63, 3.8) is 0 Å². The molecule has 22 heavy (non-hydrogen) atoms. The van der Waals surface area contributed by atoms with Gasteiger partial charge in [0.15, 0.2) is 5.82 Å². The Balaban J connectivity index is 1.74. The Morgan fingerprint density at radius 3 is 2.91 bits per heavy atom. The summed E-state index contributed by atoms with van der Waals surface area (Å²) in [5.41, 5.74) is 6.69. The summed E-state index contributed by atoms with van der Waals surface area (Å²) >= 11 is 0. The molecule has 2 aromatic rings. The topological polar surface area (TPSA) is 87.9 Å². The van der Waals surface area contributed by atoms with Gasteiger partial charge in [0.25, 0.3) is 0 Å². The summed E-state index contributed by atoms with van der Waals surface area (Å²) in [6, 6.07) is 9.42. The van der Waals surface area contributed by atoms with E-state index in [0.717, 1.165) is 30.8 Å². The van der Waals surface area contributed by atoms with Crippen molar-refractivity contribution in [3.8, 4) is 11.4 Å². The second kappa shape index (κ2) is 6.27. The number of nitrogens with zero attached hydrogens (tertiary/aromatic N) is 3. The zero-order valence-corrected chi connectivity index (χ0v) is 12.7. The fourth-order valence-corrected chi connectivity index (χ4v) is 2.86. The monoisotopic (exact) mass is 299 g/mol. The summed E-state index contributed by atoms with van der Waals surface area (Å²) in [6.45, 7) is 3.16. The summed E-state index contributed by atoms with van der Waals surface area (Å²) in [6.07, 6.45) is 1.97. The second-order valence-corrected chi connectivity index (χ2v) is 5.82. The van der Waals surface area contributed by atoms with Gasteiger partial charge in [-0.05, 0) is 19.8 Å². The van der Waals surface area contributed by atoms with Crippen molar-refractivity contribution in [2.24, 2.45) is 5.73 Å². The number of benzene rings is 1. The van der Waals surface area contributed by atoms with E-state index < -0.39 is 6.04 Å². The lowest BCUT2D eigenvalue weighted by atomic mass is 9.97. The maximum Gasteiger partial charge on any atom is 0.239 e. The van der Waals surface area contributed by atoms with Gasteiger partial charge < -0.3 is 10.6 Å². The van der Waals surface area contributed by atoms with Crippen LogP contribution in [0.4, 0.5) is 0 Å². The smallest absolute Gasteiger partial charge is 0.239 e. The first-order chi connectivity index (χ1) is 10.6. The summed E-state index contributed by atoms with van der Waals surface area (Å²) in [5, 5.41) is 7.33. The van der Waals surface area contributed by atoms with Crippen LogP contribution in [0.25, 0.3) is 11.4 Å². The molecule has 3 rings (SSSR count). The molecule has 1 aliphatic rings. The van der Waals surface area contributed by atoms with E-state index in [1.54, 1.807) is 6.92 Å². The van der Waals surface area contributed by atoms with Gasteiger partial charge in [0, 0.05) is 24.6 Å². The largest absolute Gasteiger partial charge is 0.341 e. The SMILES string of the molecule is C[C@@H](N)C(=O)N1CCCC(c2nc(-c3ccccc3)n[nH]2)C1. The Morgan fingerprint density at radius 1 is 1.41 bits per heavy atom. The lowest BCUT2D eigenvalue weighted by Gasteiger charge is -2.32. The number of nitrogens with two attached hydrogens (primary N) is 1.